The summed E-state index contributed by atoms with van der Waals surface area (Å²) in [6.07, 6.45) is 0. The Balaban J connectivity index is 1.52. The van der Waals surface area contributed by atoms with Gasteiger partial charge < -0.3 is 10.0 Å². The van der Waals surface area contributed by atoms with Crippen LogP contribution in [0.1, 0.15) is 21.7 Å². The first-order valence-corrected chi connectivity index (χ1v) is 11.6. The van der Waals surface area contributed by atoms with Gasteiger partial charge in [0.15, 0.2) is 11.0 Å². The molecule has 1 unspecified atom stereocenters. The van der Waals surface area contributed by atoms with E-state index in [1.54, 1.807) is 49.4 Å². The Labute approximate surface area is 202 Å². The molecule has 4 aromatic rings. The molecule has 1 heterocycles. The maximum atomic E-state index is 14.4. The van der Waals surface area contributed by atoms with Crippen LogP contribution in [0.4, 0.5) is 20.2 Å². The van der Waals surface area contributed by atoms with Crippen molar-refractivity contribution >= 4 is 39.9 Å². The number of rotatable bonds is 7. The topological polar surface area (TPSA) is 76.0 Å². The maximum Gasteiger partial charge on any atom is 0.273 e. The first-order valence-electron chi connectivity index (χ1n) is 10.1. The molecule has 34 heavy (non-hydrogen) atoms. The van der Waals surface area contributed by atoms with Crippen molar-refractivity contribution in [1.29, 1.82) is 0 Å². The zero-order chi connectivity index (χ0) is 24.2. The van der Waals surface area contributed by atoms with E-state index in [4.69, 9.17) is 11.6 Å². The standard InChI is InChI=1S/C24H19ClF2N4O2S/c1-15-12-22(31(29-15)14-16-2-6-18(26)7-3-16)24(32)28-20-10-11-21(27)23(13-20)34(33)30-19-8-4-17(25)5-9-19/h2-13,30H,14H2,1H3,(H,28,32). The first-order chi connectivity index (χ1) is 16.3. The SMILES string of the molecule is Cc1cc(C(=O)Nc2ccc(F)c(S(=O)Nc3ccc(Cl)cc3)c2)n(Cc2ccc(F)cc2)n1. The van der Waals surface area contributed by atoms with E-state index in [1.165, 1.54) is 28.9 Å². The van der Waals surface area contributed by atoms with E-state index in [-0.39, 0.29) is 28.6 Å². The van der Waals surface area contributed by atoms with Crippen molar-refractivity contribution in [3.05, 3.63) is 106 Å². The molecule has 0 saturated carbocycles. The number of aryl methyl sites for hydroxylation is 1. The number of aromatic nitrogens is 2. The number of carbonyl (C=O) groups excluding carboxylic acids is 1. The highest BCUT2D eigenvalue weighted by atomic mass is 35.5. The van der Waals surface area contributed by atoms with Gasteiger partial charge in [0.05, 0.1) is 17.1 Å². The first kappa shape index (κ1) is 23.6. The van der Waals surface area contributed by atoms with E-state index in [0.717, 1.165) is 11.6 Å². The summed E-state index contributed by atoms with van der Waals surface area (Å²) in [5.74, 6) is -1.51. The largest absolute Gasteiger partial charge is 0.321 e. The Bertz CT molecular complexity index is 1360. The summed E-state index contributed by atoms with van der Waals surface area (Å²) in [5, 5.41) is 7.55. The second-order valence-corrected chi connectivity index (χ2v) is 9.05. The van der Waals surface area contributed by atoms with E-state index in [9.17, 15) is 17.8 Å². The van der Waals surface area contributed by atoms with Crippen molar-refractivity contribution in [2.75, 3.05) is 10.0 Å². The van der Waals surface area contributed by atoms with Gasteiger partial charge in [0.2, 0.25) is 0 Å². The molecule has 1 amide bonds. The van der Waals surface area contributed by atoms with Crippen LogP contribution in [-0.2, 0) is 17.5 Å². The number of carbonyl (C=O) groups is 1. The van der Waals surface area contributed by atoms with Crippen LogP contribution in [0, 0.1) is 18.6 Å². The van der Waals surface area contributed by atoms with Crippen LogP contribution in [-0.4, -0.2) is 19.9 Å². The summed E-state index contributed by atoms with van der Waals surface area (Å²) in [4.78, 5) is 12.8. The summed E-state index contributed by atoms with van der Waals surface area (Å²) in [7, 11) is -1.92. The van der Waals surface area contributed by atoms with Crippen LogP contribution in [0.15, 0.2) is 77.7 Å². The average molecular weight is 501 g/mol. The lowest BCUT2D eigenvalue weighted by Crippen LogP contribution is -2.18. The molecule has 3 aromatic carbocycles. The average Bonchev–Trinajstić information content (AvgIpc) is 3.18. The molecule has 174 valence electrons. The Morgan fingerprint density at radius 3 is 2.38 bits per heavy atom. The van der Waals surface area contributed by atoms with Crippen molar-refractivity contribution in [2.24, 2.45) is 0 Å². The monoisotopic (exact) mass is 500 g/mol. The van der Waals surface area contributed by atoms with Crippen LogP contribution in [0.25, 0.3) is 0 Å². The van der Waals surface area contributed by atoms with Crippen molar-refractivity contribution in [3.63, 3.8) is 0 Å². The normalized spacial score (nSPS) is 11.8. The molecular formula is C24H19ClF2N4O2S. The van der Waals surface area contributed by atoms with Gasteiger partial charge in [-0.2, -0.15) is 5.10 Å². The second-order valence-electron chi connectivity index (χ2n) is 7.43. The molecule has 0 aliphatic heterocycles. The minimum atomic E-state index is -1.92. The van der Waals surface area contributed by atoms with Crippen LogP contribution >= 0.6 is 11.6 Å². The van der Waals surface area contributed by atoms with Gasteiger partial charge in [-0.05, 0) is 73.2 Å². The minimum absolute atomic E-state index is 0.122. The highest BCUT2D eigenvalue weighted by Gasteiger charge is 2.17. The zero-order valence-electron chi connectivity index (χ0n) is 17.9. The van der Waals surface area contributed by atoms with Crippen molar-refractivity contribution in [1.82, 2.24) is 9.78 Å². The summed E-state index contributed by atoms with van der Waals surface area (Å²) in [5.41, 5.74) is 2.43. The van der Waals surface area contributed by atoms with Gasteiger partial charge in [0.1, 0.15) is 17.3 Å². The molecule has 0 aliphatic rings. The molecule has 1 aromatic heterocycles. The molecule has 0 aliphatic carbocycles. The van der Waals surface area contributed by atoms with E-state index in [0.29, 0.717) is 16.4 Å². The predicted octanol–water partition coefficient (Wildman–Crippen LogP) is 5.56. The van der Waals surface area contributed by atoms with Crippen LogP contribution in [0.3, 0.4) is 0 Å². The van der Waals surface area contributed by atoms with Crippen LogP contribution in [0.5, 0.6) is 0 Å². The minimum Gasteiger partial charge on any atom is -0.321 e. The van der Waals surface area contributed by atoms with E-state index in [1.807, 2.05) is 0 Å². The molecular weight excluding hydrogens is 482 g/mol. The number of halogens is 3. The number of hydrogen-bond donors (Lipinski definition) is 2. The van der Waals surface area contributed by atoms with Crippen molar-refractivity contribution < 1.29 is 17.8 Å². The Morgan fingerprint density at radius 1 is 1.00 bits per heavy atom. The van der Waals surface area contributed by atoms with Gasteiger partial charge in [-0.1, -0.05) is 23.7 Å². The molecule has 0 fully saturated rings. The summed E-state index contributed by atoms with van der Waals surface area (Å²) < 4.78 is 44.5. The number of hydrogen-bond acceptors (Lipinski definition) is 3. The lowest BCUT2D eigenvalue weighted by Gasteiger charge is -2.11. The van der Waals surface area contributed by atoms with Gasteiger partial charge in [0, 0.05) is 16.4 Å². The molecule has 0 radical (unpaired) electrons. The molecule has 10 heteroatoms. The number of nitrogens with zero attached hydrogens (tertiary/aromatic N) is 2. The van der Waals surface area contributed by atoms with Gasteiger partial charge in [0.25, 0.3) is 5.91 Å². The van der Waals surface area contributed by atoms with E-state index >= 15 is 0 Å². The molecule has 4 rings (SSSR count). The molecule has 6 nitrogen and oxygen atoms in total. The smallest absolute Gasteiger partial charge is 0.273 e. The second kappa shape index (κ2) is 10.1. The number of anilines is 2. The number of benzene rings is 3. The Hall–Kier alpha value is -3.56. The number of amides is 1. The van der Waals surface area contributed by atoms with Gasteiger partial charge >= 0.3 is 0 Å². The van der Waals surface area contributed by atoms with Gasteiger partial charge in [-0.25, -0.2) is 13.0 Å². The van der Waals surface area contributed by atoms with Crippen molar-refractivity contribution in [3.8, 4) is 0 Å². The van der Waals surface area contributed by atoms with Gasteiger partial charge in [-0.3, -0.25) is 9.48 Å². The third-order valence-corrected chi connectivity index (χ3v) is 6.21. The highest BCUT2D eigenvalue weighted by molar-refractivity contribution is 7.86. The fourth-order valence-electron chi connectivity index (χ4n) is 3.21. The lowest BCUT2D eigenvalue weighted by molar-refractivity contribution is 0.101. The number of nitrogens with one attached hydrogen (secondary N) is 2. The van der Waals surface area contributed by atoms with E-state index in [2.05, 4.69) is 15.1 Å². The summed E-state index contributed by atoms with van der Waals surface area (Å²) in [6, 6.07) is 17.8. The highest BCUT2D eigenvalue weighted by Crippen LogP contribution is 2.22. The lowest BCUT2D eigenvalue weighted by atomic mass is 10.2. The molecule has 0 saturated heterocycles. The Kier molecular flexibility index (Phi) is 7.04. The maximum absolute atomic E-state index is 14.4. The predicted molar refractivity (Wildman–Crippen MR) is 128 cm³/mol. The molecule has 1 atom stereocenters. The van der Waals surface area contributed by atoms with E-state index < -0.39 is 22.7 Å². The fraction of sp³-hybridized carbons (Fsp3) is 0.0833. The van der Waals surface area contributed by atoms with Crippen LogP contribution in [0.2, 0.25) is 5.02 Å². The van der Waals surface area contributed by atoms with Crippen molar-refractivity contribution in [2.45, 2.75) is 18.4 Å². The fourth-order valence-corrected chi connectivity index (χ4v) is 4.28. The molecule has 0 bridgehead atoms. The summed E-state index contributed by atoms with van der Waals surface area (Å²) in [6.45, 7) is 2.01. The zero-order valence-corrected chi connectivity index (χ0v) is 19.5. The third kappa shape index (κ3) is 5.67. The van der Waals surface area contributed by atoms with Gasteiger partial charge in [-0.15, -0.1) is 0 Å². The molecule has 0 spiro atoms. The molecule has 2 N–H and O–H groups in total. The third-order valence-electron chi connectivity index (χ3n) is 4.82. The summed E-state index contributed by atoms with van der Waals surface area (Å²) >= 11 is 5.85. The quantitative estimate of drug-likeness (QED) is 0.349. The van der Waals surface area contributed by atoms with Crippen LogP contribution < -0.4 is 10.0 Å². The Morgan fingerprint density at radius 2 is 1.68 bits per heavy atom.